The second-order valence-corrected chi connectivity index (χ2v) is 38.5. The van der Waals surface area contributed by atoms with Crippen molar-refractivity contribution in [3.63, 3.8) is 0 Å². The molecule has 40 heteroatoms. The van der Waals surface area contributed by atoms with Gasteiger partial charge in [-0.2, -0.15) is 14.4 Å². The van der Waals surface area contributed by atoms with Crippen LogP contribution in [0.4, 0.5) is 17.8 Å². The molecule has 3 saturated heterocycles. The number of allylic oxidation sites excluding steroid dienone is 6. The molecular weight excluding hydrogens is 1770 g/mol. The van der Waals surface area contributed by atoms with Crippen LogP contribution in [-0.2, 0) is 96.2 Å². The van der Waals surface area contributed by atoms with Gasteiger partial charge in [0.1, 0.15) is 60.1 Å². The van der Waals surface area contributed by atoms with Crippen LogP contribution in [-0.4, -0.2) is 293 Å². The molecule has 39 nitrogen and oxygen atoms in total. The number of ether oxygens (including phenoxy) is 8. The lowest BCUT2D eigenvalue weighted by molar-refractivity contribution is -0.265. The largest absolute Gasteiger partial charge is 0.460 e. The van der Waals surface area contributed by atoms with Gasteiger partial charge in [0.15, 0.2) is 17.0 Å². The van der Waals surface area contributed by atoms with E-state index in [1.54, 1.807) is 82.1 Å². The molecule has 6 aromatic heterocycles. The third kappa shape index (κ3) is 26.5. The SMILES string of the molecule is CO[C@@H]1C[C@H]2CC[C@H](C)[C@](O)(O2)C(=O)C(=O)N2CCCC[C@H]2C(=O)O[C@H]([C@H](C)C[C@@H]2CCC(n3nncc3-c3cccc(-c4cnc(N5CCN(S(=O)(=O)CCc6cn(CCOCCOCCOCCOCC(=O)NCCCCn7nc(-c8ccc9oc(N)nc9c8)c8c(N)ncnc87)nn6)CC5)nc4)c3)[C@H](OC)C2)CC(=O)[C@H](C)/C=C(/C)[C@H](O)[C@@H](O)C(=O)[C@H](C)C[C@H](C)\C=C/C=C\C=C/1C. The van der Waals surface area contributed by atoms with Gasteiger partial charge in [-0.25, -0.2) is 47.2 Å². The fraction of sp³-hybridized carbons (Fsp3) is 0.583. The Morgan fingerprint density at radius 1 is 0.750 bits per heavy atom. The third-order valence-corrected chi connectivity index (χ3v) is 28.4. The van der Waals surface area contributed by atoms with E-state index in [0.717, 1.165) is 33.5 Å². The van der Waals surface area contributed by atoms with Crippen molar-refractivity contribution in [2.45, 2.75) is 212 Å². The van der Waals surface area contributed by atoms with Crippen LogP contribution in [0.5, 0.6) is 0 Å². The molecule has 1 unspecified atom stereocenters. The van der Waals surface area contributed by atoms with E-state index < -0.39 is 99.5 Å². The fourth-order valence-electron chi connectivity index (χ4n) is 18.6. The molecule has 736 valence electrons. The molecule has 5 aliphatic rings. The Labute approximate surface area is 791 Å². The van der Waals surface area contributed by atoms with E-state index in [1.807, 2.05) is 97.1 Å². The number of rotatable bonds is 33. The Balaban J connectivity index is 0.530. The summed E-state index contributed by atoms with van der Waals surface area (Å²) in [6.07, 6.45) is 19.7. The van der Waals surface area contributed by atoms with Crippen molar-refractivity contribution in [1.82, 2.24) is 79.2 Å². The van der Waals surface area contributed by atoms with Crippen molar-refractivity contribution in [2.24, 2.45) is 35.5 Å². The van der Waals surface area contributed by atoms with E-state index >= 15 is 0 Å². The summed E-state index contributed by atoms with van der Waals surface area (Å²) in [7, 11) is -0.431. The zero-order valence-corrected chi connectivity index (χ0v) is 79.9. The predicted molar refractivity (Wildman–Crippen MR) is 504 cm³/mol. The number of aromatic nitrogens is 13. The topological polar surface area (TPSA) is 502 Å². The van der Waals surface area contributed by atoms with Gasteiger partial charge in [-0.05, 0) is 150 Å². The number of Topliss-reactive ketones (excluding diaryl/α,β-unsaturated/α-hetero) is 3. The van der Waals surface area contributed by atoms with Crippen molar-refractivity contribution < 1.29 is 94.8 Å². The monoisotopic (exact) mass is 1900 g/mol. The van der Waals surface area contributed by atoms with E-state index in [4.69, 9.17) is 68.8 Å². The number of aryl methyl sites for hydroxylation is 2. The number of piperazine rings is 1. The Bertz CT molecular complexity index is 5620. The highest BCUT2D eigenvalue weighted by molar-refractivity contribution is 7.89. The molecule has 4 fully saturated rings. The van der Waals surface area contributed by atoms with Gasteiger partial charge in [0.05, 0.1) is 106 Å². The van der Waals surface area contributed by atoms with Crippen LogP contribution in [0.1, 0.15) is 150 Å². The number of nitrogens with two attached hydrogens (primary N) is 2. The van der Waals surface area contributed by atoms with Gasteiger partial charge < -0.3 is 84.2 Å². The average Bonchev–Trinajstić information content (AvgIpc) is 1.72. The Hall–Kier alpha value is -10.9. The van der Waals surface area contributed by atoms with E-state index in [0.29, 0.717) is 182 Å². The number of piperidine rings is 1. The van der Waals surface area contributed by atoms with E-state index in [1.165, 1.54) is 21.6 Å². The summed E-state index contributed by atoms with van der Waals surface area (Å²) in [6.45, 7) is 17.1. The molecule has 4 aliphatic heterocycles. The number of esters is 1. The highest BCUT2D eigenvalue weighted by atomic mass is 32.2. The molecule has 2 amide bonds. The molecule has 15 atom stereocenters. The van der Waals surface area contributed by atoms with Gasteiger partial charge >= 0.3 is 5.97 Å². The molecule has 10 heterocycles. The molecule has 2 bridgehead atoms. The van der Waals surface area contributed by atoms with Gasteiger partial charge in [-0.15, -0.1) is 10.2 Å². The molecule has 1 saturated carbocycles. The zero-order chi connectivity index (χ0) is 96.7. The highest BCUT2D eigenvalue weighted by Gasteiger charge is 2.53. The summed E-state index contributed by atoms with van der Waals surface area (Å²) in [5, 5.41) is 60.7. The minimum absolute atomic E-state index is 0.00252. The van der Waals surface area contributed by atoms with Crippen LogP contribution in [0.15, 0.2) is 126 Å². The number of ketones is 3. The van der Waals surface area contributed by atoms with Gasteiger partial charge in [0.2, 0.25) is 27.7 Å². The van der Waals surface area contributed by atoms with Crippen molar-refractivity contribution >= 4 is 85.1 Å². The number of aliphatic hydroxyl groups excluding tert-OH is 2. The van der Waals surface area contributed by atoms with E-state index in [9.17, 15) is 52.5 Å². The lowest BCUT2D eigenvalue weighted by Gasteiger charge is -2.42. The Kier molecular flexibility index (Phi) is 36.5. The maximum atomic E-state index is 14.9. The van der Waals surface area contributed by atoms with Gasteiger partial charge in [0.25, 0.3) is 17.7 Å². The van der Waals surface area contributed by atoms with Crippen LogP contribution >= 0.6 is 0 Å². The summed E-state index contributed by atoms with van der Waals surface area (Å²) in [5.41, 5.74) is 19.9. The molecule has 1 aliphatic carbocycles. The molecule has 8 N–H and O–H groups in total. The first-order chi connectivity index (χ1) is 65.5. The number of nitrogens with one attached hydrogen (secondary N) is 1. The van der Waals surface area contributed by atoms with Crippen LogP contribution in [0.25, 0.3) is 55.8 Å². The molecule has 2 aromatic carbocycles. The normalized spacial score (nSPS) is 26.5. The molecule has 0 spiro atoms. The molecule has 136 heavy (non-hydrogen) atoms. The maximum Gasteiger partial charge on any atom is 0.329 e. The molecule has 0 radical (unpaired) electrons. The average molecular weight is 1900 g/mol. The summed E-state index contributed by atoms with van der Waals surface area (Å²) in [5.74, 6) is -8.83. The zero-order valence-electron chi connectivity index (χ0n) is 79.1. The molecular formula is C96H131N19O20S. The van der Waals surface area contributed by atoms with Gasteiger partial charge in [-0.1, -0.05) is 99.7 Å². The maximum absolute atomic E-state index is 14.9. The quantitative estimate of drug-likeness (QED) is 0.00976. The first-order valence-electron chi connectivity index (χ1n) is 47.3. The number of carbonyl (C=O) groups is 6. The molecule has 13 rings (SSSR count). The lowest BCUT2D eigenvalue weighted by Crippen LogP contribution is -2.61. The number of aliphatic hydroxyl groups is 3. The summed E-state index contributed by atoms with van der Waals surface area (Å²) < 4.78 is 86.9. The number of nitrogens with zero attached hydrogens (tertiary/aromatic N) is 16. The van der Waals surface area contributed by atoms with E-state index in [-0.39, 0.29) is 118 Å². The number of anilines is 3. The summed E-state index contributed by atoms with van der Waals surface area (Å²) >= 11 is 0. The Morgan fingerprint density at radius 3 is 2.26 bits per heavy atom. The van der Waals surface area contributed by atoms with Crippen LogP contribution in [0, 0.1) is 35.5 Å². The number of oxazole rings is 1. The number of unbranched alkanes of at least 4 members (excludes halogenated alkanes) is 1. The Morgan fingerprint density at radius 2 is 1.50 bits per heavy atom. The predicted octanol–water partition coefficient (Wildman–Crippen LogP) is 8.18. The van der Waals surface area contributed by atoms with Crippen LogP contribution < -0.4 is 21.7 Å². The fourth-order valence-corrected chi connectivity index (χ4v) is 20.0. The molecule has 8 aromatic rings. The summed E-state index contributed by atoms with van der Waals surface area (Å²) in [4.78, 5) is 110. The van der Waals surface area contributed by atoms with Crippen molar-refractivity contribution in [3.8, 4) is 33.6 Å². The third-order valence-electron chi connectivity index (χ3n) is 26.6. The number of cyclic esters (lactones) is 1. The first kappa shape index (κ1) is 103. The van der Waals surface area contributed by atoms with Crippen LogP contribution in [0.2, 0.25) is 0 Å². The van der Waals surface area contributed by atoms with Crippen LogP contribution in [0.3, 0.4) is 0 Å². The summed E-state index contributed by atoms with van der Waals surface area (Å²) in [6, 6.07) is 12.0. The number of carbonyl (C=O) groups excluding carboxylic acids is 6. The standard InChI is InChI=1S/C96H131N19O20S/c1-60-18-11-10-12-19-61(2)80(127-8)52-73-26-23-66(7)96(124,135-73)89(121)92(122)113-31-15-13-22-76(113)93(123)133-81(53-78(116)62(3)47-65(6)87(119)88(120)86(118)64(5)46-60)63(4)48-67-24-27-75(82(49-67)128-9)115-77(56-104-108-115)69-21-17-20-68(50-69)71-54-100-95(101-55-71)110-33-35-112(36-34-110)136(125,126)45-29-72-57-111(109-106-72)37-38-129-39-40-130-41-42-131-43-44-132-58-83(117)99-30-14-16-32-114-91-84(90(97)102-59-103-91)85(107-114)70-25-28-79-74(51-70)105-94(98)134-79/h10-12,17-21,25,28,47,50-51,54-57,59-60,62-64,66-67,73,75-76,80-82,87-88,119-120,124H,13-16,22-24,26-27,29-46,48-49,52-53,58H2,1-9H3,(H2,98,105)(H,99,117)(H2,97,102,103)/b12-10-,18-11-,61-19-,65-47-/t60-,62-,63-,64-,66+,67+,73-,75?,76+,80-,81+,82-,87+,88+,96+/m1/s1. The van der Waals surface area contributed by atoms with Gasteiger partial charge in [0, 0.05) is 132 Å². The second kappa shape index (κ2) is 48.4. The number of amides is 2. The van der Waals surface area contributed by atoms with Crippen molar-refractivity contribution in [2.75, 3.05) is 128 Å². The van der Waals surface area contributed by atoms with Gasteiger partial charge in [-0.3, -0.25) is 24.0 Å². The number of fused-ring (bicyclic) bond motifs is 5. The first-order valence-corrected chi connectivity index (χ1v) is 48.9. The highest BCUT2D eigenvalue weighted by Crippen LogP contribution is 2.43. The number of nitrogen functional groups attached to an aromatic ring is 2. The minimum atomic E-state index is -3.65. The number of methoxy groups -OCH3 is 2. The van der Waals surface area contributed by atoms with Crippen molar-refractivity contribution in [1.29, 1.82) is 0 Å². The number of hydrogen-bond acceptors (Lipinski definition) is 33. The van der Waals surface area contributed by atoms with Crippen molar-refractivity contribution in [3.05, 3.63) is 127 Å². The number of sulfonamides is 1. The number of benzene rings is 2. The second-order valence-electron chi connectivity index (χ2n) is 36.4. The number of hydrogen-bond donors (Lipinski definition) is 6. The lowest BCUT2D eigenvalue weighted by atomic mass is 9.77. The smallest absolute Gasteiger partial charge is 0.329 e. The minimum Gasteiger partial charge on any atom is -0.460 e. The van der Waals surface area contributed by atoms with E-state index in [2.05, 4.69) is 40.9 Å².